The first kappa shape index (κ1) is 16.0. The van der Waals surface area contributed by atoms with Gasteiger partial charge in [0.05, 0.1) is 0 Å². The highest BCUT2D eigenvalue weighted by Gasteiger charge is 2.23. The second-order valence-corrected chi connectivity index (χ2v) is 8.17. The van der Waals surface area contributed by atoms with Crippen LogP contribution in [0.3, 0.4) is 0 Å². The Labute approximate surface area is 114 Å². The van der Waals surface area contributed by atoms with Crippen LogP contribution in [0.15, 0.2) is 0 Å². The van der Waals surface area contributed by atoms with Gasteiger partial charge in [-0.15, -0.1) is 0 Å². The highest BCUT2D eigenvalue weighted by molar-refractivity contribution is 4.78. The maximum Gasteiger partial charge on any atom is 0.00559 e. The molecule has 0 radical (unpaired) electrons. The Morgan fingerprint density at radius 1 is 1.17 bits per heavy atom. The molecule has 2 N–H and O–H groups in total. The molecule has 0 amide bonds. The lowest BCUT2D eigenvalue weighted by Gasteiger charge is -2.26. The van der Waals surface area contributed by atoms with Crippen LogP contribution in [0.1, 0.15) is 66.7 Å². The van der Waals surface area contributed by atoms with E-state index in [-0.39, 0.29) is 0 Å². The monoisotopic (exact) mass is 254 g/mol. The lowest BCUT2D eigenvalue weighted by molar-refractivity contribution is 0.242. The van der Waals surface area contributed by atoms with E-state index in [1.165, 1.54) is 38.9 Å². The van der Waals surface area contributed by atoms with Crippen molar-refractivity contribution in [3.05, 3.63) is 0 Å². The van der Waals surface area contributed by atoms with Crippen LogP contribution < -0.4 is 5.73 Å². The molecular weight excluding hydrogens is 220 g/mol. The largest absolute Gasteiger partial charge is 0.328 e. The summed E-state index contributed by atoms with van der Waals surface area (Å²) in [5, 5.41) is 0. The van der Waals surface area contributed by atoms with Gasteiger partial charge in [0, 0.05) is 6.04 Å². The van der Waals surface area contributed by atoms with Crippen LogP contribution in [0.25, 0.3) is 0 Å². The zero-order chi connectivity index (χ0) is 13.8. The van der Waals surface area contributed by atoms with Gasteiger partial charge in [-0.05, 0) is 62.6 Å². The lowest BCUT2D eigenvalue weighted by Crippen LogP contribution is -2.33. The van der Waals surface area contributed by atoms with Crippen molar-refractivity contribution in [2.45, 2.75) is 72.8 Å². The Hall–Kier alpha value is -0.0800. The third-order valence-corrected chi connectivity index (χ3v) is 4.12. The fraction of sp³-hybridized carbons (Fsp3) is 1.00. The van der Waals surface area contributed by atoms with Gasteiger partial charge in [0.2, 0.25) is 0 Å². The summed E-state index contributed by atoms with van der Waals surface area (Å²) in [4.78, 5) is 2.62. The van der Waals surface area contributed by atoms with Crippen molar-refractivity contribution in [2.24, 2.45) is 16.6 Å². The predicted molar refractivity (Wildman–Crippen MR) is 80.7 cm³/mol. The Bertz CT molecular complexity index is 240. The fourth-order valence-electron chi connectivity index (χ4n) is 2.94. The van der Waals surface area contributed by atoms with Gasteiger partial charge >= 0.3 is 0 Å². The molecular formula is C16H34N2. The highest BCUT2D eigenvalue weighted by Crippen LogP contribution is 2.30. The molecule has 0 aromatic carbocycles. The minimum absolute atomic E-state index is 0.361. The summed E-state index contributed by atoms with van der Waals surface area (Å²) in [6, 6.07) is 0.362. The average molecular weight is 254 g/mol. The maximum atomic E-state index is 6.24. The zero-order valence-corrected chi connectivity index (χ0v) is 13.3. The maximum absolute atomic E-state index is 6.24. The number of rotatable bonds is 4. The molecule has 1 aliphatic rings. The number of hydrogen-bond donors (Lipinski definition) is 1. The summed E-state index contributed by atoms with van der Waals surface area (Å²) in [5.74, 6) is 0. The second kappa shape index (κ2) is 6.38. The van der Waals surface area contributed by atoms with Crippen LogP contribution in [0.5, 0.6) is 0 Å². The molecule has 2 nitrogen and oxygen atoms in total. The minimum Gasteiger partial charge on any atom is -0.328 e. The van der Waals surface area contributed by atoms with Crippen LogP contribution in [0, 0.1) is 10.8 Å². The predicted octanol–water partition coefficient (Wildman–Crippen LogP) is 3.65. The molecule has 1 aliphatic heterocycles. The van der Waals surface area contributed by atoms with E-state index in [1.54, 1.807) is 0 Å². The summed E-state index contributed by atoms with van der Waals surface area (Å²) in [6.45, 7) is 15.4. The molecule has 1 unspecified atom stereocenters. The number of hydrogen-bond acceptors (Lipinski definition) is 2. The van der Waals surface area contributed by atoms with Crippen LogP contribution in [0.4, 0.5) is 0 Å². The van der Waals surface area contributed by atoms with E-state index in [0.717, 1.165) is 12.8 Å². The third kappa shape index (κ3) is 6.75. The molecule has 0 bridgehead atoms. The zero-order valence-electron chi connectivity index (χ0n) is 13.3. The van der Waals surface area contributed by atoms with Crippen LogP contribution in [-0.4, -0.2) is 30.6 Å². The van der Waals surface area contributed by atoms with Crippen molar-refractivity contribution in [2.75, 3.05) is 19.6 Å². The lowest BCUT2D eigenvalue weighted by atomic mass is 9.85. The Balaban J connectivity index is 2.27. The first-order chi connectivity index (χ1) is 8.18. The molecule has 0 aromatic heterocycles. The van der Waals surface area contributed by atoms with Crippen molar-refractivity contribution < 1.29 is 0 Å². The van der Waals surface area contributed by atoms with Crippen LogP contribution in [0.2, 0.25) is 0 Å². The van der Waals surface area contributed by atoms with E-state index in [1.807, 2.05) is 0 Å². The topological polar surface area (TPSA) is 29.3 Å². The summed E-state index contributed by atoms with van der Waals surface area (Å²) < 4.78 is 0. The Kier molecular flexibility index (Phi) is 5.67. The van der Waals surface area contributed by atoms with Gasteiger partial charge in [0.25, 0.3) is 0 Å². The van der Waals surface area contributed by atoms with Crippen molar-refractivity contribution >= 4 is 0 Å². The molecule has 2 heteroatoms. The van der Waals surface area contributed by atoms with E-state index >= 15 is 0 Å². The molecule has 108 valence electrons. The fourth-order valence-corrected chi connectivity index (χ4v) is 2.94. The number of nitrogens with two attached hydrogens (primary N) is 1. The molecule has 0 aliphatic carbocycles. The summed E-state index contributed by atoms with van der Waals surface area (Å²) >= 11 is 0. The molecule has 1 atom stereocenters. The summed E-state index contributed by atoms with van der Waals surface area (Å²) in [5.41, 5.74) is 7.15. The molecule has 18 heavy (non-hydrogen) atoms. The smallest absolute Gasteiger partial charge is 0.00559 e. The highest BCUT2D eigenvalue weighted by atomic mass is 15.1. The van der Waals surface area contributed by atoms with Gasteiger partial charge in [-0.2, -0.15) is 0 Å². The van der Waals surface area contributed by atoms with E-state index in [9.17, 15) is 0 Å². The van der Waals surface area contributed by atoms with Gasteiger partial charge in [0.15, 0.2) is 0 Å². The third-order valence-electron chi connectivity index (χ3n) is 4.12. The molecule has 1 saturated heterocycles. The van der Waals surface area contributed by atoms with Crippen molar-refractivity contribution in [3.63, 3.8) is 0 Å². The van der Waals surface area contributed by atoms with Crippen LogP contribution >= 0.6 is 0 Å². The quantitative estimate of drug-likeness (QED) is 0.829. The van der Waals surface area contributed by atoms with Gasteiger partial charge in [-0.1, -0.05) is 34.6 Å². The van der Waals surface area contributed by atoms with Crippen molar-refractivity contribution in [1.82, 2.24) is 4.90 Å². The molecule has 0 spiro atoms. The first-order valence-corrected chi connectivity index (χ1v) is 7.66. The van der Waals surface area contributed by atoms with E-state index in [2.05, 4.69) is 39.5 Å². The van der Waals surface area contributed by atoms with Gasteiger partial charge < -0.3 is 10.6 Å². The Morgan fingerprint density at radius 2 is 1.83 bits per heavy atom. The minimum atomic E-state index is 0.361. The molecule has 1 heterocycles. The molecule has 1 rings (SSSR count). The number of likely N-dealkylation sites (tertiary alicyclic amines) is 1. The van der Waals surface area contributed by atoms with E-state index in [4.69, 9.17) is 5.73 Å². The standard InChI is InChI=1S/C16H34N2/c1-15(2,3)13-14(17)7-11-18-10-6-8-16(4,5)9-12-18/h14H,6-13,17H2,1-5H3. The molecule has 0 aromatic rings. The molecule has 1 fully saturated rings. The van der Waals surface area contributed by atoms with E-state index in [0.29, 0.717) is 16.9 Å². The van der Waals surface area contributed by atoms with E-state index < -0.39 is 0 Å². The Morgan fingerprint density at radius 3 is 2.44 bits per heavy atom. The SMILES string of the molecule is CC(C)(C)CC(N)CCN1CCCC(C)(C)CC1. The number of nitrogens with zero attached hydrogens (tertiary/aromatic N) is 1. The normalized spacial score (nSPS) is 23.7. The van der Waals surface area contributed by atoms with Gasteiger partial charge in [-0.25, -0.2) is 0 Å². The molecule has 0 saturated carbocycles. The van der Waals surface area contributed by atoms with Crippen molar-refractivity contribution in [3.8, 4) is 0 Å². The van der Waals surface area contributed by atoms with Crippen LogP contribution in [-0.2, 0) is 0 Å². The second-order valence-electron chi connectivity index (χ2n) is 8.17. The van der Waals surface area contributed by atoms with Gasteiger partial charge in [-0.3, -0.25) is 0 Å². The summed E-state index contributed by atoms with van der Waals surface area (Å²) in [7, 11) is 0. The first-order valence-electron chi connectivity index (χ1n) is 7.66. The van der Waals surface area contributed by atoms with Gasteiger partial charge in [0.1, 0.15) is 0 Å². The summed E-state index contributed by atoms with van der Waals surface area (Å²) in [6.07, 6.45) is 6.34. The van der Waals surface area contributed by atoms with Crippen molar-refractivity contribution in [1.29, 1.82) is 0 Å². The average Bonchev–Trinajstić information content (AvgIpc) is 2.34.